The Balaban J connectivity index is 1.89. The molecule has 2 atom stereocenters. The summed E-state index contributed by atoms with van der Waals surface area (Å²) in [7, 11) is 0. The lowest BCUT2D eigenvalue weighted by atomic mass is 10.0. The van der Waals surface area contributed by atoms with Gasteiger partial charge in [0.2, 0.25) is 0 Å². The molecule has 0 saturated carbocycles. The molecule has 0 aromatic rings. The smallest absolute Gasteiger partial charge is 0.404 e. The van der Waals surface area contributed by atoms with Gasteiger partial charge in [0.25, 0.3) is 0 Å². The normalized spacial score (nSPS) is 39.5. The summed E-state index contributed by atoms with van der Waals surface area (Å²) in [6.45, 7) is 0. The van der Waals surface area contributed by atoms with Crippen LogP contribution < -0.4 is 10.6 Å². The van der Waals surface area contributed by atoms with Crippen molar-refractivity contribution in [2.24, 2.45) is 0 Å². The van der Waals surface area contributed by atoms with Crippen LogP contribution in [0.1, 0.15) is 25.7 Å². The van der Waals surface area contributed by atoms with E-state index in [-0.39, 0.29) is 6.04 Å². The Hall–Kier alpha value is -0.770. The van der Waals surface area contributed by atoms with E-state index in [0.29, 0.717) is 12.1 Å². The number of amides is 1. The van der Waals surface area contributed by atoms with E-state index in [1.807, 2.05) is 0 Å². The SMILES string of the molecule is O=C(O)NC1CC2CCC(C1)N2. The number of fused-ring (bicyclic) bond motifs is 2. The minimum Gasteiger partial charge on any atom is -0.465 e. The molecule has 68 valence electrons. The third kappa shape index (κ3) is 1.53. The largest absolute Gasteiger partial charge is 0.465 e. The van der Waals surface area contributed by atoms with Gasteiger partial charge in [-0.15, -0.1) is 0 Å². The average molecular weight is 170 g/mol. The van der Waals surface area contributed by atoms with Crippen LogP contribution in [0.15, 0.2) is 0 Å². The van der Waals surface area contributed by atoms with Crippen LogP contribution in [0.4, 0.5) is 4.79 Å². The number of rotatable bonds is 1. The Morgan fingerprint density at radius 3 is 2.42 bits per heavy atom. The lowest BCUT2D eigenvalue weighted by molar-refractivity contribution is 0.183. The summed E-state index contributed by atoms with van der Waals surface area (Å²) in [5.74, 6) is 0. The maximum atomic E-state index is 10.4. The van der Waals surface area contributed by atoms with Crippen molar-refractivity contribution in [1.29, 1.82) is 0 Å². The Morgan fingerprint density at radius 1 is 1.33 bits per heavy atom. The average Bonchev–Trinajstić information content (AvgIpc) is 2.29. The molecular weight excluding hydrogens is 156 g/mol. The highest BCUT2D eigenvalue weighted by Crippen LogP contribution is 2.26. The maximum Gasteiger partial charge on any atom is 0.404 e. The molecule has 0 spiro atoms. The zero-order valence-electron chi connectivity index (χ0n) is 6.92. The van der Waals surface area contributed by atoms with E-state index < -0.39 is 6.09 Å². The van der Waals surface area contributed by atoms with Crippen molar-refractivity contribution in [3.63, 3.8) is 0 Å². The fraction of sp³-hybridized carbons (Fsp3) is 0.875. The predicted molar refractivity (Wildman–Crippen MR) is 44.1 cm³/mol. The van der Waals surface area contributed by atoms with Crippen molar-refractivity contribution < 1.29 is 9.90 Å². The molecule has 0 radical (unpaired) electrons. The molecule has 4 heteroatoms. The van der Waals surface area contributed by atoms with E-state index in [2.05, 4.69) is 10.6 Å². The lowest BCUT2D eigenvalue weighted by Crippen LogP contribution is -2.47. The van der Waals surface area contributed by atoms with Crippen molar-refractivity contribution >= 4 is 6.09 Å². The van der Waals surface area contributed by atoms with E-state index in [4.69, 9.17) is 5.11 Å². The molecule has 0 aromatic carbocycles. The first-order valence-corrected chi connectivity index (χ1v) is 4.49. The summed E-state index contributed by atoms with van der Waals surface area (Å²) in [5, 5.41) is 14.5. The van der Waals surface area contributed by atoms with Crippen molar-refractivity contribution in [3.05, 3.63) is 0 Å². The van der Waals surface area contributed by atoms with Gasteiger partial charge in [-0.1, -0.05) is 0 Å². The molecule has 12 heavy (non-hydrogen) atoms. The third-order valence-electron chi connectivity index (χ3n) is 2.80. The van der Waals surface area contributed by atoms with E-state index >= 15 is 0 Å². The van der Waals surface area contributed by atoms with Gasteiger partial charge in [-0.25, -0.2) is 4.79 Å². The van der Waals surface area contributed by atoms with Gasteiger partial charge < -0.3 is 15.7 Å². The zero-order chi connectivity index (χ0) is 8.55. The zero-order valence-corrected chi connectivity index (χ0v) is 6.92. The fourth-order valence-corrected chi connectivity index (χ4v) is 2.35. The third-order valence-corrected chi connectivity index (χ3v) is 2.80. The summed E-state index contributed by atoms with van der Waals surface area (Å²) < 4.78 is 0. The summed E-state index contributed by atoms with van der Waals surface area (Å²) in [6, 6.07) is 1.29. The van der Waals surface area contributed by atoms with Crippen molar-refractivity contribution in [2.45, 2.75) is 43.8 Å². The molecular formula is C8H14N2O2. The molecule has 2 saturated heterocycles. The number of carboxylic acid groups (broad SMARTS) is 1. The molecule has 2 heterocycles. The second kappa shape index (κ2) is 2.94. The quantitative estimate of drug-likeness (QED) is 0.538. The van der Waals surface area contributed by atoms with Gasteiger partial charge in [-0.3, -0.25) is 0 Å². The summed E-state index contributed by atoms with van der Waals surface area (Å²) in [6.07, 6.45) is 3.46. The highest BCUT2D eigenvalue weighted by Gasteiger charge is 2.33. The van der Waals surface area contributed by atoms with Gasteiger partial charge in [-0.05, 0) is 25.7 Å². The topological polar surface area (TPSA) is 61.4 Å². The lowest BCUT2D eigenvalue weighted by Gasteiger charge is -2.28. The van der Waals surface area contributed by atoms with E-state index in [1.165, 1.54) is 12.8 Å². The Bertz CT molecular complexity index is 183. The highest BCUT2D eigenvalue weighted by atomic mass is 16.4. The fourth-order valence-electron chi connectivity index (χ4n) is 2.35. The number of hydrogen-bond acceptors (Lipinski definition) is 2. The highest BCUT2D eigenvalue weighted by molar-refractivity contribution is 5.64. The van der Waals surface area contributed by atoms with Gasteiger partial charge >= 0.3 is 6.09 Å². The molecule has 0 aliphatic carbocycles. The monoisotopic (exact) mass is 170 g/mol. The Labute approximate surface area is 71.3 Å². The first-order chi connectivity index (χ1) is 5.74. The van der Waals surface area contributed by atoms with E-state index in [1.54, 1.807) is 0 Å². The van der Waals surface area contributed by atoms with Gasteiger partial charge in [0.05, 0.1) is 0 Å². The van der Waals surface area contributed by atoms with Crippen molar-refractivity contribution in [3.8, 4) is 0 Å². The molecule has 0 aromatic heterocycles. The van der Waals surface area contributed by atoms with Crippen LogP contribution in [0.5, 0.6) is 0 Å². The number of hydrogen-bond donors (Lipinski definition) is 3. The van der Waals surface area contributed by atoms with Crippen molar-refractivity contribution in [2.75, 3.05) is 0 Å². The van der Waals surface area contributed by atoms with Crippen LogP contribution in [0.25, 0.3) is 0 Å². The second-order valence-electron chi connectivity index (χ2n) is 3.76. The summed E-state index contributed by atoms with van der Waals surface area (Å²) in [5.41, 5.74) is 0. The molecule has 2 aliphatic rings. The molecule has 2 aliphatic heterocycles. The summed E-state index contributed by atoms with van der Waals surface area (Å²) >= 11 is 0. The molecule has 4 nitrogen and oxygen atoms in total. The van der Waals surface area contributed by atoms with Gasteiger partial charge in [0.1, 0.15) is 0 Å². The number of nitrogens with one attached hydrogen (secondary N) is 2. The Morgan fingerprint density at radius 2 is 1.92 bits per heavy atom. The van der Waals surface area contributed by atoms with Crippen LogP contribution in [-0.4, -0.2) is 29.3 Å². The number of piperidine rings is 1. The molecule has 2 rings (SSSR count). The molecule has 2 unspecified atom stereocenters. The maximum absolute atomic E-state index is 10.4. The van der Waals surface area contributed by atoms with Crippen LogP contribution in [0.2, 0.25) is 0 Å². The molecule has 2 fully saturated rings. The van der Waals surface area contributed by atoms with Gasteiger partial charge in [0, 0.05) is 18.1 Å². The van der Waals surface area contributed by atoms with Crippen LogP contribution >= 0.6 is 0 Å². The standard InChI is InChI=1S/C8H14N2O2/c11-8(12)10-7-3-5-1-2-6(4-7)9-5/h5-7,9-10H,1-4H2,(H,11,12). The predicted octanol–water partition coefficient (Wildman–Crippen LogP) is 0.537. The molecule has 2 bridgehead atoms. The minimum absolute atomic E-state index is 0.182. The second-order valence-corrected chi connectivity index (χ2v) is 3.76. The van der Waals surface area contributed by atoms with Crippen molar-refractivity contribution in [1.82, 2.24) is 10.6 Å². The first-order valence-electron chi connectivity index (χ1n) is 4.49. The summed E-state index contributed by atoms with van der Waals surface area (Å²) in [4.78, 5) is 10.4. The molecule has 1 amide bonds. The van der Waals surface area contributed by atoms with Gasteiger partial charge in [-0.2, -0.15) is 0 Å². The molecule has 3 N–H and O–H groups in total. The van der Waals surface area contributed by atoms with Crippen LogP contribution in [0, 0.1) is 0 Å². The van der Waals surface area contributed by atoms with Crippen LogP contribution in [-0.2, 0) is 0 Å². The van der Waals surface area contributed by atoms with Gasteiger partial charge in [0.15, 0.2) is 0 Å². The van der Waals surface area contributed by atoms with E-state index in [0.717, 1.165) is 12.8 Å². The minimum atomic E-state index is -0.888. The number of carbonyl (C=O) groups is 1. The van der Waals surface area contributed by atoms with Crippen LogP contribution in [0.3, 0.4) is 0 Å². The van der Waals surface area contributed by atoms with E-state index in [9.17, 15) is 4.79 Å². The first kappa shape index (κ1) is 7.86. The Kier molecular flexibility index (Phi) is 1.92.